The maximum Gasteiger partial charge on any atom is 0.223 e. The van der Waals surface area contributed by atoms with Crippen LogP contribution < -0.4 is 5.32 Å². The Morgan fingerprint density at radius 2 is 2.16 bits per heavy atom. The van der Waals surface area contributed by atoms with E-state index in [0.29, 0.717) is 5.92 Å². The van der Waals surface area contributed by atoms with Crippen molar-refractivity contribution in [1.82, 2.24) is 4.98 Å². The van der Waals surface area contributed by atoms with Crippen LogP contribution in [0.15, 0.2) is 30.3 Å². The number of fused-ring (bicyclic) bond motifs is 1. The molecule has 1 aliphatic rings. The molecule has 3 nitrogen and oxygen atoms in total. The zero-order valence-corrected chi connectivity index (χ0v) is 11.7. The lowest BCUT2D eigenvalue weighted by atomic mass is 9.85. The normalized spacial score (nSPS) is 17.8. The molecule has 98 valence electrons. The summed E-state index contributed by atoms with van der Waals surface area (Å²) in [5.41, 5.74) is 2.57. The lowest BCUT2D eigenvalue weighted by Gasteiger charge is -2.21. The van der Waals surface area contributed by atoms with Gasteiger partial charge in [0, 0.05) is 11.8 Å². The van der Waals surface area contributed by atoms with Gasteiger partial charge >= 0.3 is 0 Å². The number of amides is 1. The quantitative estimate of drug-likeness (QED) is 0.910. The molecule has 3 rings (SSSR count). The number of thiazole rings is 1. The van der Waals surface area contributed by atoms with Gasteiger partial charge in [0.2, 0.25) is 5.91 Å². The molecule has 0 unspecified atom stereocenters. The Kier molecular flexibility index (Phi) is 3.34. The van der Waals surface area contributed by atoms with Crippen molar-refractivity contribution in [2.75, 3.05) is 5.32 Å². The molecule has 1 atom stereocenters. The number of hydrogen-bond donors (Lipinski definition) is 1. The minimum Gasteiger partial charge on any atom is -0.302 e. The van der Waals surface area contributed by atoms with Gasteiger partial charge in [0.15, 0.2) is 5.13 Å². The van der Waals surface area contributed by atoms with E-state index in [9.17, 15) is 4.79 Å². The molecular weight excluding hydrogens is 256 g/mol. The fourth-order valence-corrected chi connectivity index (χ4v) is 3.72. The average Bonchev–Trinajstić information content (AvgIpc) is 2.79. The van der Waals surface area contributed by atoms with Gasteiger partial charge in [-0.3, -0.25) is 4.79 Å². The highest BCUT2D eigenvalue weighted by Gasteiger charge is 2.23. The molecular formula is C15H16N2OS. The highest BCUT2D eigenvalue weighted by atomic mass is 32.1. The van der Waals surface area contributed by atoms with Crippen molar-refractivity contribution in [1.29, 1.82) is 0 Å². The fraction of sp³-hybridized carbons (Fsp3) is 0.333. The third-order valence-corrected chi connectivity index (χ3v) is 4.53. The average molecular weight is 272 g/mol. The largest absolute Gasteiger partial charge is 0.302 e. The number of anilines is 1. The Hall–Kier alpha value is -1.68. The summed E-state index contributed by atoms with van der Waals surface area (Å²) in [6.45, 7) is 1.52. The Morgan fingerprint density at radius 1 is 1.37 bits per heavy atom. The Morgan fingerprint density at radius 3 is 2.89 bits per heavy atom. The van der Waals surface area contributed by atoms with Crippen LogP contribution in [0.1, 0.15) is 35.4 Å². The molecule has 2 aromatic rings. The lowest BCUT2D eigenvalue weighted by Crippen LogP contribution is -2.11. The highest BCUT2D eigenvalue weighted by molar-refractivity contribution is 7.15. The molecule has 0 radical (unpaired) electrons. The van der Waals surface area contributed by atoms with E-state index in [4.69, 9.17) is 0 Å². The van der Waals surface area contributed by atoms with Crippen molar-refractivity contribution in [2.45, 2.75) is 32.1 Å². The molecule has 0 fully saturated rings. The van der Waals surface area contributed by atoms with Crippen LogP contribution in [0.5, 0.6) is 0 Å². The summed E-state index contributed by atoms with van der Waals surface area (Å²) in [5.74, 6) is 0.532. The van der Waals surface area contributed by atoms with E-state index in [-0.39, 0.29) is 5.91 Å². The second kappa shape index (κ2) is 5.13. The summed E-state index contributed by atoms with van der Waals surface area (Å²) in [6, 6.07) is 10.6. The predicted octanol–water partition coefficient (Wildman–Crippen LogP) is 3.37. The molecule has 0 aliphatic heterocycles. The number of carbonyl (C=O) groups is 1. The molecule has 1 aliphatic carbocycles. The van der Waals surface area contributed by atoms with Crippen molar-refractivity contribution in [3.63, 3.8) is 0 Å². The lowest BCUT2D eigenvalue weighted by molar-refractivity contribution is -0.114. The Bertz CT molecular complexity index is 591. The maximum atomic E-state index is 11.1. The standard InChI is InChI=1S/C15H16N2OS/c1-10(18)16-15-17-13-8-7-12(9-14(13)19-15)11-5-3-2-4-6-11/h2-6,12H,7-9H2,1H3,(H,16,17,18)/t12-/m0/s1. The van der Waals surface area contributed by atoms with Crippen LogP contribution in [0, 0.1) is 0 Å². The minimum atomic E-state index is -0.0503. The number of carbonyl (C=O) groups excluding carboxylic acids is 1. The van der Waals surface area contributed by atoms with E-state index < -0.39 is 0 Å². The van der Waals surface area contributed by atoms with Gasteiger partial charge in [-0.25, -0.2) is 4.98 Å². The van der Waals surface area contributed by atoms with Gasteiger partial charge in [0.1, 0.15) is 0 Å². The molecule has 0 bridgehead atoms. The van der Waals surface area contributed by atoms with Crippen LogP contribution in [-0.4, -0.2) is 10.9 Å². The van der Waals surface area contributed by atoms with Crippen LogP contribution >= 0.6 is 11.3 Å². The van der Waals surface area contributed by atoms with Gasteiger partial charge in [-0.15, -0.1) is 11.3 Å². The monoisotopic (exact) mass is 272 g/mol. The summed E-state index contributed by atoms with van der Waals surface area (Å²) in [5, 5.41) is 3.53. The molecule has 1 heterocycles. The van der Waals surface area contributed by atoms with Crippen LogP contribution in [0.2, 0.25) is 0 Å². The molecule has 1 aromatic carbocycles. The molecule has 0 saturated heterocycles. The van der Waals surface area contributed by atoms with E-state index in [2.05, 4.69) is 40.6 Å². The third kappa shape index (κ3) is 2.68. The predicted molar refractivity (Wildman–Crippen MR) is 77.6 cm³/mol. The number of aryl methyl sites for hydroxylation is 1. The first-order valence-corrected chi connectivity index (χ1v) is 7.35. The molecule has 1 aromatic heterocycles. The van der Waals surface area contributed by atoms with E-state index in [1.165, 1.54) is 23.1 Å². The van der Waals surface area contributed by atoms with Gasteiger partial charge in [-0.1, -0.05) is 30.3 Å². The first-order chi connectivity index (χ1) is 9.22. The summed E-state index contributed by atoms with van der Waals surface area (Å²) in [4.78, 5) is 16.9. The number of hydrogen-bond acceptors (Lipinski definition) is 3. The second-order valence-electron chi connectivity index (χ2n) is 4.92. The van der Waals surface area contributed by atoms with Gasteiger partial charge < -0.3 is 5.32 Å². The third-order valence-electron chi connectivity index (χ3n) is 3.49. The number of rotatable bonds is 2. The van der Waals surface area contributed by atoms with Crippen LogP contribution in [0.3, 0.4) is 0 Å². The number of benzene rings is 1. The number of nitrogens with zero attached hydrogens (tertiary/aromatic N) is 1. The van der Waals surface area contributed by atoms with Crippen molar-refractivity contribution >= 4 is 22.4 Å². The second-order valence-corrected chi connectivity index (χ2v) is 6.00. The maximum absolute atomic E-state index is 11.1. The minimum absolute atomic E-state index is 0.0503. The smallest absolute Gasteiger partial charge is 0.223 e. The van der Waals surface area contributed by atoms with Crippen LogP contribution in [0.4, 0.5) is 5.13 Å². The molecule has 4 heteroatoms. The van der Waals surface area contributed by atoms with E-state index >= 15 is 0 Å². The SMILES string of the molecule is CC(=O)Nc1nc2c(s1)C[C@@H](c1ccccc1)CC2. The first kappa shape index (κ1) is 12.4. The number of nitrogens with one attached hydrogen (secondary N) is 1. The molecule has 1 N–H and O–H groups in total. The van der Waals surface area contributed by atoms with Gasteiger partial charge in [0.05, 0.1) is 5.69 Å². The number of aromatic nitrogens is 1. The van der Waals surface area contributed by atoms with Gasteiger partial charge in [-0.2, -0.15) is 0 Å². The van der Waals surface area contributed by atoms with Crippen molar-refractivity contribution in [3.05, 3.63) is 46.5 Å². The first-order valence-electron chi connectivity index (χ1n) is 6.53. The highest BCUT2D eigenvalue weighted by Crippen LogP contribution is 2.36. The Labute approximate surface area is 116 Å². The van der Waals surface area contributed by atoms with E-state index in [0.717, 1.165) is 24.4 Å². The summed E-state index contributed by atoms with van der Waals surface area (Å²) >= 11 is 1.62. The van der Waals surface area contributed by atoms with Crippen molar-refractivity contribution in [3.8, 4) is 0 Å². The molecule has 1 amide bonds. The molecule has 0 spiro atoms. The van der Waals surface area contributed by atoms with Crippen molar-refractivity contribution in [2.24, 2.45) is 0 Å². The summed E-state index contributed by atoms with van der Waals surface area (Å²) < 4.78 is 0. The molecule has 19 heavy (non-hydrogen) atoms. The van der Waals surface area contributed by atoms with Gasteiger partial charge in [-0.05, 0) is 30.7 Å². The molecule has 0 saturated carbocycles. The van der Waals surface area contributed by atoms with E-state index in [1.807, 2.05) is 0 Å². The topological polar surface area (TPSA) is 42.0 Å². The van der Waals surface area contributed by atoms with Crippen LogP contribution in [0.25, 0.3) is 0 Å². The fourth-order valence-electron chi connectivity index (χ4n) is 2.59. The van der Waals surface area contributed by atoms with E-state index in [1.54, 1.807) is 11.3 Å². The zero-order valence-electron chi connectivity index (χ0n) is 10.8. The summed E-state index contributed by atoms with van der Waals surface area (Å²) in [6.07, 6.45) is 3.18. The van der Waals surface area contributed by atoms with Gasteiger partial charge in [0.25, 0.3) is 0 Å². The Balaban J connectivity index is 1.80. The van der Waals surface area contributed by atoms with Crippen molar-refractivity contribution < 1.29 is 4.79 Å². The summed E-state index contributed by atoms with van der Waals surface area (Å²) in [7, 11) is 0. The zero-order chi connectivity index (χ0) is 13.2. The van der Waals surface area contributed by atoms with Crippen LogP contribution in [-0.2, 0) is 17.6 Å².